The number of benzene rings is 1. The number of Topliss-reactive ketones (excluding diaryl/α,β-unsaturated/α-hetero) is 1. The monoisotopic (exact) mass is 355 g/mol. The van der Waals surface area contributed by atoms with E-state index >= 15 is 0 Å². The number of amides is 1. The highest BCUT2D eigenvalue weighted by atomic mass is 16.4. The molecule has 0 bridgehead atoms. The lowest BCUT2D eigenvalue weighted by molar-refractivity contribution is 0.0486. The quantitative estimate of drug-likeness (QED) is 0.826. The molecule has 1 amide bonds. The molecule has 0 radical (unpaired) electrons. The van der Waals surface area contributed by atoms with Crippen LogP contribution in [-0.4, -0.2) is 40.4 Å². The summed E-state index contributed by atoms with van der Waals surface area (Å²) in [7, 11) is 0. The molecule has 0 unspecified atom stereocenters. The van der Waals surface area contributed by atoms with Crippen LogP contribution in [0.2, 0.25) is 0 Å². The first-order valence-electron chi connectivity index (χ1n) is 9.16. The van der Waals surface area contributed by atoms with E-state index in [-0.39, 0.29) is 17.7 Å². The van der Waals surface area contributed by atoms with Gasteiger partial charge >= 0.3 is 0 Å². The van der Waals surface area contributed by atoms with Crippen molar-refractivity contribution in [2.75, 3.05) is 6.54 Å². The van der Waals surface area contributed by atoms with Gasteiger partial charge < -0.3 is 14.4 Å². The van der Waals surface area contributed by atoms with Crippen molar-refractivity contribution in [3.63, 3.8) is 0 Å². The summed E-state index contributed by atoms with van der Waals surface area (Å²) < 4.78 is 5.80. The van der Waals surface area contributed by atoms with Crippen LogP contribution >= 0.6 is 0 Å². The van der Waals surface area contributed by atoms with Crippen LogP contribution in [0.4, 0.5) is 0 Å². The van der Waals surface area contributed by atoms with Crippen molar-refractivity contribution in [2.24, 2.45) is 0 Å². The van der Waals surface area contributed by atoms with Crippen LogP contribution in [0.25, 0.3) is 11.3 Å². The molecule has 1 N–H and O–H groups in total. The van der Waals surface area contributed by atoms with Crippen molar-refractivity contribution in [3.8, 4) is 11.3 Å². The number of nitrogens with zero attached hydrogens (tertiary/aromatic N) is 1. The van der Waals surface area contributed by atoms with Crippen molar-refractivity contribution in [1.29, 1.82) is 0 Å². The highest BCUT2D eigenvalue weighted by molar-refractivity contribution is 5.94. The van der Waals surface area contributed by atoms with Crippen LogP contribution in [0.5, 0.6) is 0 Å². The smallest absolute Gasteiger partial charge is 0.289 e. The Labute approximate surface area is 153 Å². The molecule has 0 spiro atoms. The summed E-state index contributed by atoms with van der Waals surface area (Å²) in [5.41, 5.74) is 1.47. The van der Waals surface area contributed by atoms with E-state index < -0.39 is 6.10 Å². The molecule has 2 aromatic rings. The van der Waals surface area contributed by atoms with E-state index in [1.54, 1.807) is 31.2 Å². The van der Waals surface area contributed by atoms with Gasteiger partial charge in [-0.3, -0.25) is 9.59 Å². The van der Waals surface area contributed by atoms with E-state index in [0.717, 1.165) is 24.8 Å². The molecular weight excluding hydrogens is 330 g/mol. The van der Waals surface area contributed by atoms with Gasteiger partial charge in [-0.15, -0.1) is 0 Å². The minimum absolute atomic E-state index is 0.0149. The minimum Gasteiger partial charge on any atom is -0.451 e. The first-order chi connectivity index (χ1) is 12.5. The van der Waals surface area contributed by atoms with Crippen LogP contribution in [0.3, 0.4) is 0 Å². The fourth-order valence-electron chi connectivity index (χ4n) is 3.53. The van der Waals surface area contributed by atoms with Gasteiger partial charge in [0.25, 0.3) is 5.91 Å². The molecule has 26 heavy (non-hydrogen) atoms. The molecule has 3 rings (SSSR count). The molecular formula is C21H25NO4. The van der Waals surface area contributed by atoms with Gasteiger partial charge in [0.15, 0.2) is 11.5 Å². The molecule has 1 aliphatic heterocycles. The maximum Gasteiger partial charge on any atom is 0.289 e. The highest BCUT2D eigenvalue weighted by Crippen LogP contribution is 2.27. The number of hydrogen-bond acceptors (Lipinski definition) is 4. The largest absolute Gasteiger partial charge is 0.451 e. The van der Waals surface area contributed by atoms with Crippen LogP contribution in [-0.2, 0) is 0 Å². The Morgan fingerprint density at radius 1 is 1.19 bits per heavy atom. The molecule has 1 aliphatic rings. The minimum atomic E-state index is -0.430. The fourth-order valence-corrected chi connectivity index (χ4v) is 3.53. The predicted molar refractivity (Wildman–Crippen MR) is 99.1 cm³/mol. The second-order valence-corrected chi connectivity index (χ2v) is 7.03. The van der Waals surface area contributed by atoms with Gasteiger partial charge in [-0.05, 0) is 51.7 Å². The van der Waals surface area contributed by atoms with E-state index in [9.17, 15) is 14.7 Å². The van der Waals surface area contributed by atoms with Crippen molar-refractivity contribution in [1.82, 2.24) is 4.90 Å². The number of furan rings is 1. The van der Waals surface area contributed by atoms with Crippen LogP contribution in [0, 0.1) is 0 Å². The number of piperidine rings is 1. The van der Waals surface area contributed by atoms with Crippen LogP contribution in [0.15, 0.2) is 40.8 Å². The van der Waals surface area contributed by atoms with E-state index in [1.165, 1.54) is 6.92 Å². The van der Waals surface area contributed by atoms with E-state index in [0.29, 0.717) is 30.0 Å². The van der Waals surface area contributed by atoms with E-state index in [2.05, 4.69) is 0 Å². The summed E-state index contributed by atoms with van der Waals surface area (Å²) in [5.74, 6) is 0.809. The molecule has 5 nitrogen and oxygen atoms in total. The summed E-state index contributed by atoms with van der Waals surface area (Å²) in [5, 5.41) is 9.70. The van der Waals surface area contributed by atoms with Gasteiger partial charge in [-0.2, -0.15) is 0 Å². The molecule has 138 valence electrons. The third-order valence-electron chi connectivity index (χ3n) is 4.89. The third kappa shape index (κ3) is 4.05. The van der Waals surface area contributed by atoms with E-state index in [1.807, 2.05) is 17.0 Å². The van der Waals surface area contributed by atoms with Gasteiger partial charge in [0.2, 0.25) is 0 Å². The third-order valence-corrected chi connectivity index (χ3v) is 4.89. The summed E-state index contributed by atoms with van der Waals surface area (Å²) >= 11 is 0. The van der Waals surface area contributed by atoms with Gasteiger partial charge in [-0.1, -0.05) is 24.3 Å². The summed E-state index contributed by atoms with van der Waals surface area (Å²) in [6.45, 7) is 3.98. The Balaban J connectivity index is 1.77. The van der Waals surface area contributed by atoms with Crippen molar-refractivity contribution in [2.45, 2.75) is 51.7 Å². The SMILES string of the molecule is CC(=O)c1ccc(-c2ccc(C(=O)N3CCCC[C@@H]3C[C@@H](C)O)o2)cc1. The molecule has 1 aromatic heterocycles. The zero-order chi connectivity index (χ0) is 18.7. The molecule has 2 heterocycles. The Hall–Kier alpha value is -2.40. The number of hydrogen-bond donors (Lipinski definition) is 1. The van der Waals surface area contributed by atoms with Crippen molar-refractivity contribution < 1.29 is 19.1 Å². The lowest BCUT2D eigenvalue weighted by atomic mass is 9.97. The number of ketones is 1. The standard InChI is InChI=1S/C21H25NO4/c1-14(23)13-18-5-3-4-12-22(18)21(25)20-11-10-19(26-20)17-8-6-16(7-9-17)15(2)24/h6-11,14,18,23H,3-5,12-13H2,1-2H3/t14-,18-/m1/s1. The molecule has 2 atom stereocenters. The van der Waals surface area contributed by atoms with Gasteiger partial charge in [-0.25, -0.2) is 0 Å². The maximum atomic E-state index is 12.9. The average molecular weight is 355 g/mol. The molecule has 1 fully saturated rings. The molecule has 0 aliphatic carbocycles. The predicted octanol–water partition coefficient (Wildman–Crippen LogP) is 3.91. The second kappa shape index (κ2) is 7.87. The first kappa shape index (κ1) is 18.4. The van der Waals surface area contributed by atoms with Crippen molar-refractivity contribution >= 4 is 11.7 Å². The Kier molecular flexibility index (Phi) is 5.57. The average Bonchev–Trinajstić information content (AvgIpc) is 3.11. The Morgan fingerprint density at radius 3 is 2.58 bits per heavy atom. The first-order valence-corrected chi connectivity index (χ1v) is 9.16. The molecule has 1 saturated heterocycles. The zero-order valence-corrected chi connectivity index (χ0v) is 15.3. The number of carbonyl (C=O) groups excluding carboxylic acids is 2. The lowest BCUT2D eigenvalue weighted by Crippen LogP contribution is -2.44. The molecule has 1 aromatic carbocycles. The summed E-state index contributed by atoms with van der Waals surface area (Å²) in [4.78, 5) is 26.1. The van der Waals surface area contributed by atoms with Gasteiger partial charge in [0, 0.05) is 23.7 Å². The fraction of sp³-hybridized carbons (Fsp3) is 0.429. The van der Waals surface area contributed by atoms with Crippen molar-refractivity contribution in [3.05, 3.63) is 47.7 Å². The van der Waals surface area contributed by atoms with E-state index in [4.69, 9.17) is 4.42 Å². The summed E-state index contributed by atoms with van der Waals surface area (Å²) in [6.07, 6.45) is 3.12. The zero-order valence-electron chi connectivity index (χ0n) is 15.3. The molecule has 0 saturated carbocycles. The number of aliphatic hydroxyl groups is 1. The van der Waals surface area contributed by atoms with Crippen LogP contribution < -0.4 is 0 Å². The normalized spacial score (nSPS) is 18.6. The van der Waals surface area contributed by atoms with Gasteiger partial charge in [0.1, 0.15) is 5.76 Å². The highest BCUT2D eigenvalue weighted by Gasteiger charge is 2.30. The second-order valence-electron chi connectivity index (χ2n) is 7.03. The number of aliphatic hydroxyl groups excluding tert-OH is 1. The van der Waals surface area contributed by atoms with Crippen LogP contribution in [0.1, 0.15) is 60.4 Å². The number of likely N-dealkylation sites (tertiary alicyclic amines) is 1. The number of rotatable bonds is 5. The Morgan fingerprint density at radius 2 is 1.92 bits per heavy atom. The topological polar surface area (TPSA) is 70.8 Å². The number of carbonyl (C=O) groups is 2. The lowest BCUT2D eigenvalue weighted by Gasteiger charge is -2.36. The Bertz CT molecular complexity index is 776. The maximum absolute atomic E-state index is 12.9. The summed E-state index contributed by atoms with van der Waals surface area (Å²) in [6, 6.07) is 10.7. The molecule has 5 heteroatoms. The van der Waals surface area contributed by atoms with Gasteiger partial charge in [0.05, 0.1) is 6.10 Å².